The first-order valence-corrected chi connectivity index (χ1v) is 10.1. The first-order valence-electron chi connectivity index (χ1n) is 8.29. The maximum atomic E-state index is 12.6. The zero-order chi connectivity index (χ0) is 18.0. The summed E-state index contributed by atoms with van der Waals surface area (Å²) in [7, 11) is -3.37. The first-order chi connectivity index (χ1) is 11.8. The van der Waals surface area contributed by atoms with E-state index in [9.17, 15) is 13.2 Å². The topological polar surface area (TPSA) is 66.5 Å². The number of benzene rings is 2. The number of nitrogens with one attached hydrogen (secondary N) is 1. The highest BCUT2D eigenvalue weighted by atomic mass is 32.2. The average molecular weight is 358 g/mol. The molecule has 0 radical (unpaired) electrons. The molecule has 1 amide bonds. The lowest BCUT2D eigenvalue weighted by Crippen LogP contribution is -2.42. The van der Waals surface area contributed by atoms with E-state index in [1.54, 1.807) is 0 Å². The summed E-state index contributed by atoms with van der Waals surface area (Å²) in [5, 5.41) is 2.87. The highest BCUT2D eigenvalue weighted by Crippen LogP contribution is 2.25. The van der Waals surface area contributed by atoms with Crippen molar-refractivity contribution in [2.75, 3.05) is 18.1 Å². The van der Waals surface area contributed by atoms with Crippen LogP contribution in [-0.4, -0.2) is 37.5 Å². The Labute approximate surface area is 148 Å². The molecule has 132 valence electrons. The van der Waals surface area contributed by atoms with E-state index in [2.05, 4.69) is 11.4 Å². The fraction of sp³-hybridized carbons (Fsp3) is 0.316. The number of hydrogen-bond donors (Lipinski definition) is 1. The molecule has 1 N–H and O–H groups in total. The average Bonchev–Trinajstić information content (AvgIpc) is 3.05. The van der Waals surface area contributed by atoms with Gasteiger partial charge in [0.25, 0.3) is 0 Å². The van der Waals surface area contributed by atoms with Crippen LogP contribution in [0.15, 0.2) is 48.5 Å². The second-order valence-corrected chi connectivity index (χ2v) is 8.41. The molecular weight excluding hydrogens is 336 g/mol. The van der Waals surface area contributed by atoms with Crippen LogP contribution in [0.25, 0.3) is 11.1 Å². The number of nitrogens with zero attached hydrogens (tertiary/aromatic N) is 1. The SMILES string of the molecule is Cc1cccc(-c2cccc(NC(=O)[C@@H]3CCCN3S(C)(=O)=O)c2)c1. The molecule has 0 unspecified atom stereocenters. The number of amides is 1. The summed E-state index contributed by atoms with van der Waals surface area (Å²) < 4.78 is 24.9. The summed E-state index contributed by atoms with van der Waals surface area (Å²) in [6.45, 7) is 2.44. The minimum Gasteiger partial charge on any atom is -0.325 e. The molecule has 0 spiro atoms. The van der Waals surface area contributed by atoms with E-state index in [1.165, 1.54) is 9.87 Å². The summed E-state index contributed by atoms with van der Waals surface area (Å²) in [5.41, 5.74) is 3.92. The van der Waals surface area contributed by atoms with Crippen molar-refractivity contribution in [2.24, 2.45) is 0 Å². The van der Waals surface area contributed by atoms with Gasteiger partial charge in [0.2, 0.25) is 15.9 Å². The van der Waals surface area contributed by atoms with Crippen LogP contribution in [0.4, 0.5) is 5.69 Å². The predicted octanol–water partition coefficient (Wildman–Crippen LogP) is 3.02. The first kappa shape index (κ1) is 17.6. The molecule has 6 heteroatoms. The molecular formula is C19H22N2O3S. The molecule has 1 saturated heterocycles. The quantitative estimate of drug-likeness (QED) is 0.913. The van der Waals surface area contributed by atoms with E-state index in [0.717, 1.165) is 17.4 Å². The zero-order valence-corrected chi connectivity index (χ0v) is 15.2. The van der Waals surface area contributed by atoms with E-state index in [0.29, 0.717) is 25.1 Å². The fourth-order valence-corrected chi connectivity index (χ4v) is 4.35. The lowest BCUT2D eigenvalue weighted by Gasteiger charge is -2.21. The third kappa shape index (κ3) is 4.08. The number of carbonyl (C=O) groups is 1. The number of aryl methyl sites for hydroxylation is 1. The number of sulfonamides is 1. The third-order valence-electron chi connectivity index (χ3n) is 4.41. The van der Waals surface area contributed by atoms with Gasteiger partial charge in [0.15, 0.2) is 0 Å². The van der Waals surface area contributed by atoms with Crippen molar-refractivity contribution in [2.45, 2.75) is 25.8 Å². The molecule has 1 atom stereocenters. The van der Waals surface area contributed by atoms with Crippen molar-refractivity contribution in [3.8, 4) is 11.1 Å². The van der Waals surface area contributed by atoms with Gasteiger partial charge in [0.1, 0.15) is 6.04 Å². The Morgan fingerprint density at radius 3 is 2.48 bits per heavy atom. The monoisotopic (exact) mass is 358 g/mol. The summed E-state index contributed by atoms with van der Waals surface area (Å²) >= 11 is 0. The second kappa shape index (κ2) is 6.98. The maximum absolute atomic E-state index is 12.6. The van der Waals surface area contributed by atoms with Gasteiger partial charge in [-0.2, -0.15) is 4.31 Å². The molecule has 2 aromatic rings. The zero-order valence-electron chi connectivity index (χ0n) is 14.4. The van der Waals surface area contributed by atoms with Crippen LogP contribution in [0.2, 0.25) is 0 Å². The Kier molecular flexibility index (Phi) is 4.92. The molecule has 1 heterocycles. The highest BCUT2D eigenvalue weighted by Gasteiger charge is 2.36. The smallest absolute Gasteiger partial charge is 0.242 e. The molecule has 5 nitrogen and oxygen atoms in total. The van der Waals surface area contributed by atoms with Gasteiger partial charge >= 0.3 is 0 Å². The summed E-state index contributed by atoms with van der Waals surface area (Å²) in [6.07, 6.45) is 2.40. The van der Waals surface area contributed by atoms with Gasteiger partial charge in [0, 0.05) is 12.2 Å². The van der Waals surface area contributed by atoms with Crippen molar-refractivity contribution >= 4 is 21.6 Å². The van der Waals surface area contributed by atoms with Crippen LogP contribution in [0.1, 0.15) is 18.4 Å². The molecule has 1 aliphatic heterocycles. The van der Waals surface area contributed by atoms with Crippen molar-refractivity contribution in [1.29, 1.82) is 0 Å². The Bertz CT molecular complexity index is 893. The van der Waals surface area contributed by atoms with Crippen LogP contribution in [0.3, 0.4) is 0 Å². The number of rotatable bonds is 4. The minimum atomic E-state index is -3.37. The maximum Gasteiger partial charge on any atom is 0.242 e. The molecule has 0 bridgehead atoms. The molecule has 1 fully saturated rings. The molecule has 0 saturated carbocycles. The number of anilines is 1. The van der Waals surface area contributed by atoms with E-state index in [-0.39, 0.29) is 5.91 Å². The largest absolute Gasteiger partial charge is 0.325 e. The van der Waals surface area contributed by atoms with Crippen molar-refractivity contribution in [3.05, 3.63) is 54.1 Å². The number of hydrogen-bond acceptors (Lipinski definition) is 3. The standard InChI is InChI=1S/C19H22N2O3S/c1-14-6-3-7-15(12-14)16-8-4-9-17(13-16)20-19(22)18-10-5-11-21(18)25(2,23)24/h3-4,6-9,12-13,18H,5,10-11H2,1-2H3,(H,20,22)/t18-/m0/s1. The Hall–Kier alpha value is -2.18. The lowest BCUT2D eigenvalue weighted by molar-refractivity contribution is -0.119. The Morgan fingerprint density at radius 1 is 1.12 bits per heavy atom. The van der Waals surface area contributed by atoms with Crippen LogP contribution < -0.4 is 5.32 Å². The fourth-order valence-electron chi connectivity index (χ4n) is 3.23. The van der Waals surface area contributed by atoms with Crippen LogP contribution in [-0.2, 0) is 14.8 Å². The number of carbonyl (C=O) groups excluding carboxylic acids is 1. The van der Waals surface area contributed by atoms with Crippen molar-refractivity contribution < 1.29 is 13.2 Å². The lowest BCUT2D eigenvalue weighted by atomic mass is 10.0. The van der Waals surface area contributed by atoms with Crippen LogP contribution in [0.5, 0.6) is 0 Å². The van der Waals surface area contributed by atoms with Crippen molar-refractivity contribution in [1.82, 2.24) is 4.31 Å². The van der Waals surface area contributed by atoms with Gasteiger partial charge < -0.3 is 5.32 Å². The van der Waals surface area contributed by atoms with Gasteiger partial charge in [-0.3, -0.25) is 4.79 Å². The summed E-state index contributed by atoms with van der Waals surface area (Å²) in [5.74, 6) is -0.274. The molecule has 25 heavy (non-hydrogen) atoms. The van der Waals surface area contributed by atoms with Gasteiger partial charge in [-0.05, 0) is 43.0 Å². The normalized spacial score (nSPS) is 18.2. The van der Waals surface area contributed by atoms with Gasteiger partial charge in [-0.25, -0.2) is 8.42 Å². The molecule has 0 aliphatic carbocycles. The van der Waals surface area contributed by atoms with E-state index in [4.69, 9.17) is 0 Å². The van der Waals surface area contributed by atoms with E-state index in [1.807, 2.05) is 49.4 Å². The van der Waals surface area contributed by atoms with Crippen LogP contribution >= 0.6 is 0 Å². The van der Waals surface area contributed by atoms with E-state index >= 15 is 0 Å². The Morgan fingerprint density at radius 2 is 1.80 bits per heavy atom. The second-order valence-electron chi connectivity index (χ2n) is 6.47. The minimum absolute atomic E-state index is 0.274. The molecule has 2 aromatic carbocycles. The molecule has 1 aliphatic rings. The molecule has 3 rings (SSSR count). The predicted molar refractivity (Wildman–Crippen MR) is 99.8 cm³/mol. The molecule has 0 aromatic heterocycles. The highest BCUT2D eigenvalue weighted by molar-refractivity contribution is 7.88. The van der Waals surface area contributed by atoms with E-state index < -0.39 is 16.1 Å². The third-order valence-corrected chi connectivity index (χ3v) is 5.70. The van der Waals surface area contributed by atoms with Gasteiger partial charge in [0.05, 0.1) is 6.26 Å². The Balaban J connectivity index is 1.79. The van der Waals surface area contributed by atoms with Gasteiger partial charge in [-0.15, -0.1) is 0 Å². The summed E-state index contributed by atoms with van der Waals surface area (Å²) in [6, 6.07) is 15.1. The summed E-state index contributed by atoms with van der Waals surface area (Å²) in [4.78, 5) is 12.6. The van der Waals surface area contributed by atoms with Crippen molar-refractivity contribution in [3.63, 3.8) is 0 Å². The van der Waals surface area contributed by atoms with Gasteiger partial charge in [-0.1, -0.05) is 42.0 Å². The van der Waals surface area contributed by atoms with Crippen LogP contribution in [0, 0.1) is 6.92 Å².